The zero-order valence-electron chi connectivity index (χ0n) is 16.1. The first-order valence-electron chi connectivity index (χ1n) is 10.4. The number of rotatable bonds is 4. The molecule has 3 aliphatic rings. The highest BCUT2D eigenvalue weighted by molar-refractivity contribution is 5.89. The highest BCUT2D eigenvalue weighted by Crippen LogP contribution is 2.44. The molecule has 4 rings (SSSR count). The molecule has 6 heteroatoms. The Morgan fingerprint density at radius 3 is 2.43 bits per heavy atom. The molecule has 1 N–H and O–H groups in total. The molecular formula is C22H28FNO4. The van der Waals surface area contributed by atoms with Gasteiger partial charge in [0.05, 0.1) is 17.4 Å². The van der Waals surface area contributed by atoms with Crippen LogP contribution in [0, 0.1) is 17.7 Å². The Hall–Kier alpha value is -1.95. The van der Waals surface area contributed by atoms with Crippen LogP contribution in [0.15, 0.2) is 24.3 Å². The van der Waals surface area contributed by atoms with Crippen LogP contribution in [0.25, 0.3) is 0 Å². The van der Waals surface area contributed by atoms with Crippen LogP contribution in [0.5, 0.6) is 0 Å². The van der Waals surface area contributed by atoms with Crippen molar-refractivity contribution < 1.29 is 23.8 Å². The Morgan fingerprint density at radius 1 is 1.11 bits per heavy atom. The number of ether oxygens (including phenoxy) is 1. The monoisotopic (exact) mass is 389 g/mol. The third-order valence-corrected chi connectivity index (χ3v) is 7.00. The summed E-state index contributed by atoms with van der Waals surface area (Å²) in [5.74, 6) is -1.31. The molecule has 0 spiro atoms. The standard InChI is InChI=1S/C22H28FNO4/c23-18-6-2-1-5-17(18)22(10-3-4-11-22)21(27)24-12-7-15(8-13-24)19-16(20(25)26)9-14-28-19/h1-2,5-6,15-16,19H,3-4,7-14H2,(H,25,26)/t16?,19-/m0/s1. The van der Waals surface area contributed by atoms with E-state index in [0.29, 0.717) is 44.5 Å². The Balaban J connectivity index is 1.47. The van der Waals surface area contributed by atoms with E-state index in [0.717, 1.165) is 25.7 Å². The smallest absolute Gasteiger partial charge is 0.309 e. The Labute approximate surface area is 164 Å². The van der Waals surface area contributed by atoms with Gasteiger partial charge in [-0.2, -0.15) is 0 Å². The van der Waals surface area contributed by atoms with Crippen molar-refractivity contribution in [3.05, 3.63) is 35.6 Å². The van der Waals surface area contributed by atoms with E-state index in [-0.39, 0.29) is 23.7 Å². The molecule has 1 amide bonds. The molecule has 1 aromatic rings. The third kappa shape index (κ3) is 3.32. The number of hydrogen-bond donors (Lipinski definition) is 1. The SMILES string of the molecule is O=C(O)C1CCO[C@H]1C1CCN(C(=O)C2(c3ccccc3F)CCCC2)CC1. The Bertz CT molecular complexity index is 738. The van der Waals surface area contributed by atoms with Crippen LogP contribution in [-0.4, -0.2) is 47.7 Å². The maximum atomic E-state index is 14.6. The number of aliphatic carboxylic acids is 1. The van der Waals surface area contributed by atoms with E-state index in [1.807, 2.05) is 11.0 Å². The van der Waals surface area contributed by atoms with Crippen molar-refractivity contribution >= 4 is 11.9 Å². The van der Waals surface area contributed by atoms with E-state index in [1.165, 1.54) is 6.07 Å². The predicted octanol–water partition coefficient (Wildman–Crippen LogP) is 3.37. The van der Waals surface area contributed by atoms with Gasteiger partial charge in [-0.1, -0.05) is 31.0 Å². The summed E-state index contributed by atoms with van der Waals surface area (Å²) < 4.78 is 20.3. The number of likely N-dealkylation sites (tertiary alicyclic amines) is 1. The number of hydrogen-bond acceptors (Lipinski definition) is 3. The average Bonchev–Trinajstić information content (AvgIpc) is 3.38. The fraction of sp³-hybridized carbons (Fsp3) is 0.636. The number of carbonyl (C=O) groups excluding carboxylic acids is 1. The molecule has 2 heterocycles. The van der Waals surface area contributed by atoms with E-state index in [2.05, 4.69) is 0 Å². The minimum absolute atomic E-state index is 0.0377. The van der Waals surface area contributed by atoms with Gasteiger partial charge in [-0.25, -0.2) is 4.39 Å². The van der Waals surface area contributed by atoms with Gasteiger partial charge in [-0.3, -0.25) is 9.59 Å². The summed E-state index contributed by atoms with van der Waals surface area (Å²) in [6, 6.07) is 6.67. The molecule has 2 aliphatic heterocycles. The summed E-state index contributed by atoms with van der Waals surface area (Å²) in [4.78, 5) is 26.8. The molecule has 0 bridgehead atoms. The maximum Gasteiger partial charge on any atom is 0.309 e. The van der Waals surface area contributed by atoms with Crippen LogP contribution in [0.4, 0.5) is 4.39 Å². The molecule has 1 aromatic carbocycles. The minimum atomic E-state index is -0.787. The molecule has 2 saturated heterocycles. The van der Waals surface area contributed by atoms with Gasteiger partial charge < -0.3 is 14.7 Å². The third-order valence-electron chi connectivity index (χ3n) is 7.00. The van der Waals surface area contributed by atoms with E-state index in [9.17, 15) is 19.1 Å². The van der Waals surface area contributed by atoms with Crippen molar-refractivity contribution in [3.8, 4) is 0 Å². The van der Waals surface area contributed by atoms with E-state index >= 15 is 0 Å². The molecule has 28 heavy (non-hydrogen) atoms. The van der Waals surface area contributed by atoms with Gasteiger partial charge in [0.25, 0.3) is 0 Å². The second kappa shape index (κ2) is 7.82. The largest absolute Gasteiger partial charge is 0.481 e. The number of halogens is 1. The molecule has 152 valence electrons. The lowest BCUT2D eigenvalue weighted by Crippen LogP contribution is -2.50. The number of nitrogens with zero attached hydrogens (tertiary/aromatic N) is 1. The first kappa shape index (κ1) is 19.4. The summed E-state index contributed by atoms with van der Waals surface area (Å²) in [7, 11) is 0. The second-order valence-corrected chi connectivity index (χ2v) is 8.47. The lowest BCUT2D eigenvalue weighted by Gasteiger charge is -2.40. The highest BCUT2D eigenvalue weighted by Gasteiger charge is 2.48. The van der Waals surface area contributed by atoms with Gasteiger partial charge in [0.1, 0.15) is 5.82 Å². The topological polar surface area (TPSA) is 66.8 Å². The molecule has 3 fully saturated rings. The summed E-state index contributed by atoms with van der Waals surface area (Å²) in [5, 5.41) is 9.40. The quantitative estimate of drug-likeness (QED) is 0.857. The summed E-state index contributed by atoms with van der Waals surface area (Å²) in [6.07, 6.45) is 5.07. The lowest BCUT2D eigenvalue weighted by atomic mass is 9.76. The molecule has 1 aliphatic carbocycles. The van der Waals surface area contributed by atoms with Crippen molar-refractivity contribution in [1.29, 1.82) is 0 Å². The molecule has 1 saturated carbocycles. The second-order valence-electron chi connectivity index (χ2n) is 8.47. The van der Waals surface area contributed by atoms with Gasteiger partial charge in [-0.15, -0.1) is 0 Å². The average molecular weight is 389 g/mol. The van der Waals surface area contributed by atoms with Crippen LogP contribution >= 0.6 is 0 Å². The number of carbonyl (C=O) groups is 2. The normalized spacial score (nSPS) is 27.8. The van der Waals surface area contributed by atoms with Gasteiger partial charge in [0, 0.05) is 25.3 Å². The molecular weight excluding hydrogens is 361 g/mol. The van der Waals surface area contributed by atoms with Crippen molar-refractivity contribution in [2.24, 2.45) is 11.8 Å². The number of amides is 1. The first-order chi connectivity index (χ1) is 13.5. The van der Waals surface area contributed by atoms with Gasteiger partial charge in [-0.05, 0) is 44.1 Å². The first-order valence-corrected chi connectivity index (χ1v) is 10.4. The van der Waals surface area contributed by atoms with Crippen molar-refractivity contribution in [1.82, 2.24) is 4.90 Å². The zero-order chi connectivity index (χ0) is 19.7. The van der Waals surface area contributed by atoms with Crippen LogP contribution in [0.3, 0.4) is 0 Å². The van der Waals surface area contributed by atoms with Crippen LogP contribution in [0.2, 0.25) is 0 Å². The van der Waals surface area contributed by atoms with E-state index in [4.69, 9.17) is 4.74 Å². The zero-order valence-corrected chi connectivity index (χ0v) is 16.1. The van der Waals surface area contributed by atoms with E-state index in [1.54, 1.807) is 12.1 Å². The summed E-state index contributed by atoms with van der Waals surface area (Å²) in [5.41, 5.74) is -0.212. The van der Waals surface area contributed by atoms with Gasteiger partial charge in [0.2, 0.25) is 5.91 Å². The molecule has 2 atom stereocenters. The van der Waals surface area contributed by atoms with Crippen molar-refractivity contribution in [2.45, 2.75) is 56.5 Å². The number of carboxylic acids is 1. The molecule has 1 unspecified atom stereocenters. The fourth-order valence-electron chi connectivity index (χ4n) is 5.50. The number of piperidine rings is 1. The van der Waals surface area contributed by atoms with Gasteiger partial charge in [0.15, 0.2) is 0 Å². The van der Waals surface area contributed by atoms with Gasteiger partial charge >= 0.3 is 5.97 Å². The molecule has 0 radical (unpaired) electrons. The van der Waals surface area contributed by atoms with E-state index < -0.39 is 17.3 Å². The highest BCUT2D eigenvalue weighted by atomic mass is 19.1. The maximum absolute atomic E-state index is 14.6. The molecule has 5 nitrogen and oxygen atoms in total. The molecule has 0 aromatic heterocycles. The minimum Gasteiger partial charge on any atom is -0.481 e. The Kier molecular flexibility index (Phi) is 5.41. The number of carboxylic acid groups (broad SMARTS) is 1. The summed E-state index contributed by atoms with van der Waals surface area (Å²) >= 11 is 0. The predicted molar refractivity (Wildman–Crippen MR) is 101 cm³/mol. The summed E-state index contributed by atoms with van der Waals surface area (Å²) in [6.45, 7) is 1.68. The number of benzene rings is 1. The van der Waals surface area contributed by atoms with Crippen LogP contribution < -0.4 is 0 Å². The fourth-order valence-corrected chi connectivity index (χ4v) is 5.50. The van der Waals surface area contributed by atoms with Crippen molar-refractivity contribution in [3.63, 3.8) is 0 Å². The lowest BCUT2D eigenvalue weighted by molar-refractivity contribution is -0.146. The van der Waals surface area contributed by atoms with Crippen LogP contribution in [0.1, 0.15) is 50.5 Å². The van der Waals surface area contributed by atoms with Crippen molar-refractivity contribution in [2.75, 3.05) is 19.7 Å². The Morgan fingerprint density at radius 2 is 1.79 bits per heavy atom. The van der Waals surface area contributed by atoms with Crippen LogP contribution in [-0.2, 0) is 19.7 Å².